The Morgan fingerprint density at radius 3 is 2.44 bits per heavy atom. The van der Waals surface area contributed by atoms with Crippen LogP contribution in [0.25, 0.3) is 0 Å². The molecule has 4 heteroatoms. The number of nitrogens with zero attached hydrogens (tertiary/aromatic N) is 1. The predicted molar refractivity (Wildman–Crippen MR) is 43.6 cm³/mol. The highest BCUT2D eigenvalue weighted by molar-refractivity contribution is 8.20. The lowest BCUT2D eigenvalue weighted by atomic mass is 10.4. The van der Waals surface area contributed by atoms with Gasteiger partial charge < -0.3 is 5.11 Å². The first-order valence-electron chi connectivity index (χ1n) is 2.95. The van der Waals surface area contributed by atoms with E-state index in [1.165, 1.54) is 24.8 Å². The van der Waals surface area contributed by atoms with Crippen molar-refractivity contribution in [1.82, 2.24) is 4.31 Å². The maximum atomic E-state index is 8.67. The Morgan fingerprint density at radius 1 is 1.44 bits per heavy atom. The number of rotatable bonds is 1. The zero-order chi connectivity index (χ0) is 6.69. The number of aliphatic hydroxyl groups excluding tert-OH is 1. The van der Waals surface area contributed by atoms with Crippen molar-refractivity contribution in [2.75, 3.05) is 13.1 Å². The maximum Gasteiger partial charge on any atom is 0.233 e. The van der Waals surface area contributed by atoms with E-state index in [9.17, 15) is 0 Å². The fourth-order valence-electron chi connectivity index (χ4n) is 0.890. The van der Waals surface area contributed by atoms with Crippen LogP contribution in [0.3, 0.4) is 0 Å². The molecule has 1 rings (SSSR count). The summed E-state index contributed by atoms with van der Waals surface area (Å²) in [4.78, 5) is 0. The van der Waals surface area contributed by atoms with Crippen molar-refractivity contribution in [2.45, 2.75) is 12.8 Å². The summed E-state index contributed by atoms with van der Waals surface area (Å²) in [6.07, 6.45) is 2.46. The van der Waals surface area contributed by atoms with Gasteiger partial charge in [0.1, 0.15) is 0 Å². The van der Waals surface area contributed by atoms with Crippen LogP contribution >= 0.6 is 24.2 Å². The third-order valence-electron chi connectivity index (χ3n) is 1.27. The summed E-state index contributed by atoms with van der Waals surface area (Å²) < 4.78 is 2.12. The average Bonchev–Trinajstić information content (AvgIpc) is 2.15. The molecule has 1 saturated heterocycles. The van der Waals surface area contributed by atoms with Gasteiger partial charge in [-0.05, 0) is 25.1 Å². The van der Waals surface area contributed by atoms with E-state index in [4.69, 9.17) is 5.11 Å². The largest absolute Gasteiger partial charge is 0.493 e. The molecule has 2 nitrogen and oxygen atoms in total. The van der Waals surface area contributed by atoms with Crippen molar-refractivity contribution in [1.29, 1.82) is 0 Å². The van der Waals surface area contributed by atoms with E-state index in [-0.39, 0.29) is 4.38 Å². The zero-order valence-electron chi connectivity index (χ0n) is 5.04. The molecule has 0 unspecified atom stereocenters. The molecule has 9 heavy (non-hydrogen) atoms. The van der Waals surface area contributed by atoms with E-state index in [2.05, 4.69) is 16.5 Å². The van der Waals surface area contributed by atoms with Gasteiger partial charge in [-0.25, -0.2) is 4.31 Å². The Morgan fingerprint density at radius 2 is 2.00 bits per heavy atom. The van der Waals surface area contributed by atoms with E-state index < -0.39 is 0 Å². The minimum atomic E-state index is 0.0388. The normalized spacial score (nSPS) is 20.4. The summed E-state index contributed by atoms with van der Waals surface area (Å²) in [5, 5.41) is 8.67. The van der Waals surface area contributed by atoms with E-state index >= 15 is 0 Å². The Kier molecular flexibility index (Phi) is 2.75. The topological polar surface area (TPSA) is 23.5 Å². The minimum absolute atomic E-state index is 0.0388. The second kappa shape index (κ2) is 3.39. The van der Waals surface area contributed by atoms with Crippen molar-refractivity contribution < 1.29 is 5.11 Å². The second-order valence-corrected chi connectivity index (χ2v) is 3.72. The lowest BCUT2D eigenvalue weighted by Crippen LogP contribution is -2.11. The molecule has 1 N–H and O–H groups in total. The van der Waals surface area contributed by atoms with Crippen molar-refractivity contribution in [3.05, 3.63) is 0 Å². The van der Waals surface area contributed by atoms with Crippen LogP contribution < -0.4 is 0 Å². The van der Waals surface area contributed by atoms with Crippen LogP contribution in [0.5, 0.6) is 0 Å². The SMILES string of the molecule is OC(=S)SN1CCCC1. The summed E-state index contributed by atoms with van der Waals surface area (Å²) in [6, 6.07) is 0. The number of thiocarbonyl (C=S) groups is 1. The monoisotopic (exact) mass is 163 g/mol. The van der Waals surface area contributed by atoms with Crippen LogP contribution in [-0.4, -0.2) is 26.9 Å². The van der Waals surface area contributed by atoms with Crippen LogP contribution in [0.1, 0.15) is 12.8 Å². The van der Waals surface area contributed by atoms with Crippen LogP contribution in [0.4, 0.5) is 0 Å². The third-order valence-corrected chi connectivity index (χ3v) is 2.28. The van der Waals surface area contributed by atoms with Gasteiger partial charge in [-0.1, -0.05) is 0 Å². The molecule has 1 heterocycles. The zero-order valence-corrected chi connectivity index (χ0v) is 6.67. The third kappa shape index (κ3) is 2.51. The summed E-state index contributed by atoms with van der Waals surface area (Å²) in [7, 11) is 0. The first-order valence-corrected chi connectivity index (χ1v) is 4.13. The number of aliphatic hydroxyl groups is 1. The molecule has 0 amide bonds. The van der Waals surface area contributed by atoms with Gasteiger partial charge in [0.05, 0.1) is 0 Å². The molecule has 0 spiro atoms. The Labute approximate surface area is 64.4 Å². The van der Waals surface area contributed by atoms with E-state index in [1.54, 1.807) is 0 Å². The first-order chi connectivity index (χ1) is 4.29. The average molecular weight is 163 g/mol. The smallest absolute Gasteiger partial charge is 0.233 e. The van der Waals surface area contributed by atoms with Gasteiger partial charge in [-0.2, -0.15) is 0 Å². The van der Waals surface area contributed by atoms with Crippen molar-refractivity contribution >= 4 is 28.5 Å². The lowest BCUT2D eigenvalue weighted by Gasteiger charge is -2.09. The molecule has 0 aromatic rings. The molecule has 1 aliphatic heterocycles. The van der Waals surface area contributed by atoms with Gasteiger partial charge in [-0.3, -0.25) is 0 Å². The number of hydrogen-bond acceptors (Lipinski definition) is 3. The van der Waals surface area contributed by atoms with Crippen LogP contribution in [0.2, 0.25) is 0 Å². The molecule has 0 aliphatic carbocycles. The van der Waals surface area contributed by atoms with Crippen molar-refractivity contribution in [3.63, 3.8) is 0 Å². The second-order valence-electron chi connectivity index (χ2n) is 1.99. The molecule has 1 aliphatic rings. The number of hydrogen-bond donors (Lipinski definition) is 1. The molecule has 0 bridgehead atoms. The van der Waals surface area contributed by atoms with Crippen LogP contribution in [0.15, 0.2) is 0 Å². The molecule has 0 aromatic carbocycles. The molecule has 0 radical (unpaired) electrons. The van der Waals surface area contributed by atoms with Crippen LogP contribution in [-0.2, 0) is 0 Å². The van der Waals surface area contributed by atoms with Gasteiger partial charge in [0.25, 0.3) is 0 Å². The minimum Gasteiger partial charge on any atom is -0.493 e. The van der Waals surface area contributed by atoms with Gasteiger partial charge in [0.2, 0.25) is 4.38 Å². The van der Waals surface area contributed by atoms with Crippen LogP contribution in [0, 0.1) is 0 Å². The standard InChI is InChI=1S/C5H9NOS2/c7-5(8)9-6-3-1-2-4-6/h1-4H2,(H,7,8). The van der Waals surface area contributed by atoms with Crippen molar-refractivity contribution in [3.8, 4) is 0 Å². The molecular weight excluding hydrogens is 154 g/mol. The molecule has 0 atom stereocenters. The first kappa shape index (κ1) is 7.31. The Bertz CT molecular complexity index is 112. The highest BCUT2D eigenvalue weighted by Gasteiger charge is 2.12. The molecule has 52 valence electrons. The van der Waals surface area contributed by atoms with Gasteiger partial charge in [0.15, 0.2) is 0 Å². The summed E-state index contributed by atoms with van der Waals surface area (Å²) in [6.45, 7) is 2.12. The molecule has 0 saturated carbocycles. The van der Waals surface area contributed by atoms with Crippen molar-refractivity contribution in [2.24, 2.45) is 0 Å². The predicted octanol–water partition coefficient (Wildman–Crippen LogP) is 1.57. The lowest BCUT2D eigenvalue weighted by molar-refractivity contribution is 0.564. The molecule has 1 fully saturated rings. The van der Waals surface area contributed by atoms with Gasteiger partial charge in [0, 0.05) is 25.0 Å². The van der Waals surface area contributed by atoms with E-state index in [0.717, 1.165) is 13.1 Å². The van der Waals surface area contributed by atoms with E-state index in [1.807, 2.05) is 0 Å². The molecular formula is C5H9NOS2. The highest BCUT2D eigenvalue weighted by Crippen LogP contribution is 2.18. The highest BCUT2D eigenvalue weighted by atomic mass is 32.2. The summed E-state index contributed by atoms with van der Waals surface area (Å²) >= 11 is 5.79. The quantitative estimate of drug-likeness (QED) is 0.468. The Balaban J connectivity index is 2.19. The summed E-state index contributed by atoms with van der Waals surface area (Å²) in [5.74, 6) is 0. The fourth-order valence-corrected chi connectivity index (χ4v) is 1.87. The maximum absolute atomic E-state index is 8.67. The van der Waals surface area contributed by atoms with Gasteiger partial charge in [-0.15, -0.1) is 0 Å². The molecule has 0 aromatic heterocycles. The summed E-state index contributed by atoms with van der Waals surface area (Å²) in [5.41, 5.74) is 0. The fraction of sp³-hybridized carbons (Fsp3) is 0.800. The Hall–Kier alpha value is 0.200. The van der Waals surface area contributed by atoms with Gasteiger partial charge >= 0.3 is 0 Å². The van der Waals surface area contributed by atoms with E-state index in [0.29, 0.717) is 0 Å².